The second kappa shape index (κ2) is 7.19. The fourth-order valence-electron chi connectivity index (χ4n) is 3.82. The highest BCUT2D eigenvalue weighted by Crippen LogP contribution is 2.18. The molecular weight excluding hydrogens is 417 g/mol. The van der Waals surface area contributed by atoms with E-state index in [9.17, 15) is 18.8 Å². The summed E-state index contributed by atoms with van der Waals surface area (Å²) in [7, 11) is 1.50. The van der Waals surface area contributed by atoms with E-state index in [-0.39, 0.29) is 16.7 Å². The number of hydrogen-bond acceptors (Lipinski definition) is 5. The van der Waals surface area contributed by atoms with Crippen LogP contribution in [-0.4, -0.2) is 28.9 Å². The smallest absolute Gasteiger partial charge is 0.332 e. The van der Waals surface area contributed by atoms with E-state index in [1.165, 1.54) is 23.7 Å². The number of benzene rings is 1. The van der Waals surface area contributed by atoms with Gasteiger partial charge in [-0.05, 0) is 43.3 Å². The molecule has 0 aliphatic rings. The number of rotatable bonds is 5. The number of aryl methyl sites for hydroxylation is 2. The zero-order valence-corrected chi connectivity index (χ0v) is 17.3. The van der Waals surface area contributed by atoms with Gasteiger partial charge in [-0.15, -0.1) is 0 Å². The van der Waals surface area contributed by atoms with E-state index < -0.39 is 29.4 Å². The Balaban J connectivity index is 1.66. The molecule has 32 heavy (non-hydrogen) atoms. The molecular formula is C22H18FN5O4. The minimum absolute atomic E-state index is 0.190. The summed E-state index contributed by atoms with van der Waals surface area (Å²) in [5, 5.41) is 0. The molecule has 0 radical (unpaired) electrons. The molecule has 0 fully saturated rings. The van der Waals surface area contributed by atoms with E-state index in [1.807, 2.05) is 17.6 Å². The van der Waals surface area contributed by atoms with Crippen molar-refractivity contribution in [2.24, 2.45) is 7.05 Å². The third-order valence-electron chi connectivity index (χ3n) is 5.50. The van der Waals surface area contributed by atoms with E-state index in [2.05, 4.69) is 4.98 Å². The molecule has 5 aromatic rings. The summed E-state index contributed by atoms with van der Waals surface area (Å²) in [4.78, 5) is 43.3. The Kier molecular flexibility index (Phi) is 4.43. The van der Waals surface area contributed by atoms with Crippen LogP contribution in [0.5, 0.6) is 0 Å². The Labute approximate surface area is 179 Å². The fourth-order valence-corrected chi connectivity index (χ4v) is 3.82. The summed E-state index contributed by atoms with van der Waals surface area (Å²) in [6, 6.07) is 8.57. The summed E-state index contributed by atoms with van der Waals surface area (Å²) in [5.41, 5.74) is 0.172. The molecule has 0 amide bonds. The van der Waals surface area contributed by atoms with Gasteiger partial charge < -0.3 is 8.98 Å². The van der Waals surface area contributed by atoms with Crippen molar-refractivity contribution in [2.45, 2.75) is 20.0 Å². The molecule has 0 aliphatic carbocycles. The maximum Gasteiger partial charge on any atom is 0.332 e. The molecule has 0 spiro atoms. The van der Waals surface area contributed by atoms with Gasteiger partial charge in [-0.3, -0.25) is 23.1 Å². The van der Waals surface area contributed by atoms with Crippen LogP contribution < -0.4 is 11.2 Å². The van der Waals surface area contributed by atoms with Crippen LogP contribution in [0.2, 0.25) is 0 Å². The first-order chi connectivity index (χ1) is 15.3. The van der Waals surface area contributed by atoms with Gasteiger partial charge in [0.1, 0.15) is 11.6 Å². The highest BCUT2D eigenvalue weighted by Gasteiger charge is 2.22. The first kappa shape index (κ1) is 19.7. The number of hydrogen-bond donors (Lipinski definition) is 0. The van der Waals surface area contributed by atoms with Crippen molar-refractivity contribution in [3.05, 3.63) is 92.5 Å². The topological polar surface area (TPSA) is 96.4 Å². The molecule has 162 valence electrons. The normalized spacial score (nSPS) is 11.6. The van der Waals surface area contributed by atoms with Crippen molar-refractivity contribution >= 4 is 22.7 Å². The number of halogens is 1. The molecule has 9 nitrogen and oxygen atoms in total. The summed E-state index contributed by atoms with van der Waals surface area (Å²) >= 11 is 0. The van der Waals surface area contributed by atoms with Crippen LogP contribution in [0.3, 0.4) is 0 Å². The summed E-state index contributed by atoms with van der Waals surface area (Å²) in [5.74, 6) is 0.237. The molecule has 0 saturated carbocycles. The van der Waals surface area contributed by atoms with Gasteiger partial charge in [0.25, 0.3) is 5.56 Å². The molecule has 0 bridgehead atoms. The molecule has 10 heteroatoms. The van der Waals surface area contributed by atoms with Gasteiger partial charge in [-0.2, -0.15) is 4.98 Å². The van der Waals surface area contributed by atoms with Gasteiger partial charge in [0.05, 0.1) is 19.4 Å². The number of carbonyl (C=O) groups is 1. The molecule has 0 aliphatic heterocycles. The standard InChI is InChI=1S/C22H18FN5O4/c1-13-10-27-18-19(24-21(27)26(13)11-16-4-3-9-32-16)25(2)22(31)28(20(18)30)12-17(29)14-5-7-15(23)8-6-14/h3-10H,11-12H2,1-2H3. The summed E-state index contributed by atoms with van der Waals surface area (Å²) < 4.78 is 24.2. The predicted octanol–water partition coefficient (Wildman–Crippen LogP) is 2.12. The SMILES string of the molecule is Cc1cn2c3c(=O)n(CC(=O)c4ccc(F)cc4)c(=O)n(C)c3nc2n1Cc1ccco1. The first-order valence-corrected chi connectivity index (χ1v) is 9.84. The van der Waals surface area contributed by atoms with Crippen molar-refractivity contribution in [3.8, 4) is 0 Å². The van der Waals surface area contributed by atoms with E-state index >= 15 is 0 Å². The van der Waals surface area contributed by atoms with Gasteiger partial charge in [0, 0.05) is 24.5 Å². The second-order valence-corrected chi connectivity index (χ2v) is 7.55. The average Bonchev–Trinajstić information content (AvgIpc) is 3.48. The number of furan rings is 1. The Hall–Kier alpha value is -4.21. The van der Waals surface area contributed by atoms with Crippen molar-refractivity contribution in [2.75, 3.05) is 0 Å². The summed E-state index contributed by atoms with van der Waals surface area (Å²) in [6.07, 6.45) is 3.33. The molecule has 4 heterocycles. The molecule has 5 rings (SSSR count). The van der Waals surface area contributed by atoms with Gasteiger partial charge >= 0.3 is 5.69 Å². The van der Waals surface area contributed by atoms with Crippen molar-refractivity contribution in [3.63, 3.8) is 0 Å². The van der Waals surface area contributed by atoms with Gasteiger partial charge in [-0.1, -0.05) is 0 Å². The number of nitrogens with zero attached hydrogens (tertiary/aromatic N) is 5. The third kappa shape index (κ3) is 2.99. The lowest BCUT2D eigenvalue weighted by atomic mass is 10.1. The van der Waals surface area contributed by atoms with Crippen LogP contribution >= 0.6 is 0 Å². The lowest BCUT2D eigenvalue weighted by Gasteiger charge is -2.07. The molecule has 4 aromatic heterocycles. The Morgan fingerprint density at radius 2 is 1.88 bits per heavy atom. The first-order valence-electron chi connectivity index (χ1n) is 9.84. The molecule has 0 saturated heterocycles. The minimum Gasteiger partial charge on any atom is -0.467 e. The van der Waals surface area contributed by atoms with E-state index in [4.69, 9.17) is 4.42 Å². The second-order valence-electron chi connectivity index (χ2n) is 7.55. The van der Waals surface area contributed by atoms with Crippen molar-refractivity contribution in [1.29, 1.82) is 0 Å². The van der Waals surface area contributed by atoms with Crippen LogP contribution in [-0.2, 0) is 20.1 Å². The lowest BCUT2D eigenvalue weighted by Crippen LogP contribution is -2.41. The number of Topliss-reactive ketones (excluding diaryl/α,β-unsaturated/α-hetero) is 1. The van der Waals surface area contributed by atoms with E-state index in [1.54, 1.807) is 22.9 Å². The number of fused-ring (bicyclic) bond motifs is 3. The maximum absolute atomic E-state index is 13.3. The fraction of sp³-hybridized carbons (Fsp3) is 0.182. The predicted molar refractivity (Wildman–Crippen MR) is 113 cm³/mol. The van der Waals surface area contributed by atoms with Crippen molar-refractivity contribution in [1.82, 2.24) is 23.1 Å². The van der Waals surface area contributed by atoms with Crippen LogP contribution in [0.4, 0.5) is 4.39 Å². The zero-order chi connectivity index (χ0) is 22.6. The monoisotopic (exact) mass is 435 g/mol. The van der Waals surface area contributed by atoms with Gasteiger partial charge in [0.15, 0.2) is 16.9 Å². The molecule has 0 atom stereocenters. The number of imidazole rings is 2. The lowest BCUT2D eigenvalue weighted by molar-refractivity contribution is 0.0969. The number of carbonyl (C=O) groups excluding carboxylic acids is 1. The minimum atomic E-state index is -0.659. The zero-order valence-electron chi connectivity index (χ0n) is 17.3. The van der Waals surface area contributed by atoms with Crippen LogP contribution in [0.1, 0.15) is 21.8 Å². The molecule has 0 N–H and O–H groups in total. The summed E-state index contributed by atoms with van der Waals surface area (Å²) in [6.45, 7) is 1.82. The Bertz CT molecular complexity index is 1600. The molecule has 0 unspecified atom stereocenters. The largest absolute Gasteiger partial charge is 0.467 e. The Morgan fingerprint density at radius 1 is 1.12 bits per heavy atom. The van der Waals surface area contributed by atoms with Crippen LogP contribution in [0.15, 0.2) is 62.9 Å². The van der Waals surface area contributed by atoms with Crippen LogP contribution in [0.25, 0.3) is 16.9 Å². The van der Waals surface area contributed by atoms with Crippen molar-refractivity contribution < 1.29 is 13.6 Å². The van der Waals surface area contributed by atoms with E-state index in [0.717, 1.165) is 28.2 Å². The highest BCUT2D eigenvalue weighted by atomic mass is 19.1. The highest BCUT2D eigenvalue weighted by molar-refractivity contribution is 5.96. The molecule has 1 aromatic carbocycles. The van der Waals surface area contributed by atoms with Gasteiger partial charge in [0.2, 0.25) is 5.78 Å². The number of ketones is 1. The maximum atomic E-state index is 13.3. The Morgan fingerprint density at radius 3 is 2.56 bits per heavy atom. The van der Waals surface area contributed by atoms with Crippen LogP contribution in [0, 0.1) is 12.7 Å². The number of aromatic nitrogens is 5. The van der Waals surface area contributed by atoms with E-state index in [0.29, 0.717) is 12.3 Å². The van der Waals surface area contributed by atoms with Gasteiger partial charge in [-0.25, -0.2) is 9.18 Å². The third-order valence-corrected chi connectivity index (χ3v) is 5.50. The average molecular weight is 435 g/mol. The quantitative estimate of drug-likeness (QED) is 0.394.